The molecule has 3 rings (SSSR count). The van der Waals surface area contributed by atoms with Gasteiger partial charge >= 0.3 is 0 Å². The molecule has 0 saturated carbocycles. The summed E-state index contributed by atoms with van der Waals surface area (Å²) in [4.78, 5) is 28.2. The smallest absolute Gasteiger partial charge is 0.264 e. The molecule has 3 aromatic rings. The van der Waals surface area contributed by atoms with Gasteiger partial charge in [0.1, 0.15) is 18.4 Å². The van der Waals surface area contributed by atoms with Crippen LogP contribution in [0.1, 0.15) is 37.8 Å². The Morgan fingerprint density at radius 3 is 2.18 bits per heavy atom. The standard InChI is InChI=1S/C29H33BrFN3O4S/c1-4-5-18-32-29(36)22(3)33(19-23-8-10-24(30)11-9-23)28(35)20-34(26-14-12-25(31)13-15-26)39(37,38)27-16-6-21(2)7-17-27/h6-17,22H,4-5,18-20H2,1-3H3,(H,32,36)/t22-/m0/s1. The summed E-state index contributed by atoms with van der Waals surface area (Å²) in [6.45, 7) is 5.46. The fourth-order valence-corrected chi connectivity index (χ4v) is 5.56. The van der Waals surface area contributed by atoms with Crippen molar-refractivity contribution >= 4 is 43.5 Å². The summed E-state index contributed by atoms with van der Waals surface area (Å²) < 4.78 is 43.0. The van der Waals surface area contributed by atoms with Crippen molar-refractivity contribution in [1.82, 2.24) is 10.2 Å². The van der Waals surface area contributed by atoms with Gasteiger partial charge in [0.15, 0.2) is 0 Å². The molecule has 0 unspecified atom stereocenters. The zero-order valence-electron chi connectivity index (χ0n) is 22.2. The fraction of sp³-hybridized carbons (Fsp3) is 0.310. The third-order valence-corrected chi connectivity index (χ3v) is 8.58. The molecule has 0 bridgehead atoms. The molecule has 39 heavy (non-hydrogen) atoms. The van der Waals surface area contributed by atoms with E-state index in [4.69, 9.17) is 0 Å². The number of anilines is 1. The van der Waals surface area contributed by atoms with E-state index in [9.17, 15) is 22.4 Å². The molecule has 3 aromatic carbocycles. The largest absolute Gasteiger partial charge is 0.354 e. The van der Waals surface area contributed by atoms with E-state index in [2.05, 4.69) is 21.2 Å². The number of benzene rings is 3. The number of nitrogens with zero attached hydrogens (tertiary/aromatic N) is 2. The van der Waals surface area contributed by atoms with Gasteiger partial charge in [-0.15, -0.1) is 0 Å². The van der Waals surface area contributed by atoms with E-state index in [1.54, 1.807) is 19.1 Å². The number of amides is 2. The van der Waals surface area contributed by atoms with Gasteiger partial charge in [0.05, 0.1) is 10.6 Å². The predicted octanol–water partition coefficient (Wildman–Crippen LogP) is 5.43. The highest BCUT2D eigenvalue weighted by molar-refractivity contribution is 9.10. The van der Waals surface area contributed by atoms with E-state index in [1.807, 2.05) is 38.1 Å². The van der Waals surface area contributed by atoms with Crippen molar-refractivity contribution in [1.29, 1.82) is 0 Å². The van der Waals surface area contributed by atoms with Crippen LogP contribution >= 0.6 is 15.9 Å². The van der Waals surface area contributed by atoms with Crippen molar-refractivity contribution in [3.63, 3.8) is 0 Å². The van der Waals surface area contributed by atoms with E-state index in [0.717, 1.165) is 44.9 Å². The van der Waals surface area contributed by atoms with Gasteiger partial charge in [-0.25, -0.2) is 12.8 Å². The third-order valence-electron chi connectivity index (χ3n) is 6.27. The summed E-state index contributed by atoms with van der Waals surface area (Å²) in [5.74, 6) is -1.44. The number of rotatable bonds is 12. The summed E-state index contributed by atoms with van der Waals surface area (Å²) >= 11 is 3.40. The minimum Gasteiger partial charge on any atom is -0.354 e. The molecular formula is C29H33BrFN3O4S. The van der Waals surface area contributed by atoms with Gasteiger partial charge in [0.25, 0.3) is 10.0 Å². The van der Waals surface area contributed by atoms with Gasteiger partial charge < -0.3 is 10.2 Å². The van der Waals surface area contributed by atoms with E-state index < -0.39 is 34.3 Å². The number of halogens is 2. The summed E-state index contributed by atoms with van der Waals surface area (Å²) in [6.07, 6.45) is 1.70. The second-order valence-corrected chi connectivity index (χ2v) is 12.0. The molecule has 0 aromatic heterocycles. The Kier molecular flexibility index (Phi) is 10.7. The van der Waals surface area contributed by atoms with Crippen LogP contribution in [0.5, 0.6) is 0 Å². The minimum absolute atomic E-state index is 0.00459. The first-order valence-electron chi connectivity index (χ1n) is 12.7. The van der Waals surface area contributed by atoms with Crippen molar-refractivity contribution in [2.75, 3.05) is 17.4 Å². The first-order valence-corrected chi connectivity index (χ1v) is 14.9. The average Bonchev–Trinajstić information content (AvgIpc) is 2.91. The number of aryl methyl sites for hydroxylation is 1. The highest BCUT2D eigenvalue weighted by Gasteiger charge is 2.32. The maximum atomic E-state index is 13.8. The number of hydrogen-bond donors (Lipinski definition) is 1. The number of nitrogens with one attached hydrogen (secondary N) is 1. The maximum Gasteiger partial charge on any atom is 0.264 e. The molecule has 0 fully saturated rings. The van der Waals surface area contributed by atoms with Crippen LogP contribution in [0.15, 0.2) is 82.2 Å². The number of sulfonamides is 1. The number of carbonyl (C=O) groups is 2. The zero-order valence-corrected chi connectivity index (χ0v) is 24.6. The minimum atomic E-state index is -4.20. The second kappa shape index (κ2) is 13.7. The van der Waals surface area contributed by atoms with Crippen LogP contribution in [-0.4, -0.2) is 44.3 Å². The lowest BCUT2D eigenvalue weighted by Crippen LogP contribution is -2.51. The van der Waals surface area contributed by atoms with Crippen LogP contribution in [0.25, 0.3) is 0 Å². The lowest BCUT2D eigenvalue weighted by atomic mass is 10.1. The summed E-state index contributed by atoms with van der Waals surface area (Å²) in [7, 11) is -4.20. The third kappa shape index (κ3) is 8.12. The quantitative estimate of drug-likeness (QED) is 0.275. The summed E-state index contributed by atoms with van der Waals surface area (Å²) in [5.41, 5.74) is 1.78. The lowest BCUT2D eigenvalue weighted by molar-refractivity contribution is -0.139. The molecule has 0 aliphatic rings. The first-order chi connectivity index (χ1) is 18.5. The SMILES string of the molecule is CCCCNC(=O)[C@H](C)N(Cc1ccc(Br)cc1)C(=O)CN(c1ccc(F)cc1)S(=O)(=O)c1ccc(C)cc1. The van der Waals surface area contributed by atoms with E-state index in [1.165, 1.54) is 29.2 Å². The Hall–Kier alpha value is -3.24. The van der Waals surface area contributed by atoms with Crippen LogP contribution in [0.3, 0.4) is 0 Å². The number of carbonyl (C=O) groups excluding carboxylic acids is 2. The highest BCUT2D eigenvalue weighted by Crippen LogP contribution is 2.25. The molecule has 7 nitrogen and oxygen atoms in total. The number of unbranched alkanes of at least 4 members (excludes halogenated alkanes) is 1. The predicted molar refractivity (Wildman–Crippen MR) is 154 cm³/mol. The van der Waals surface area contributed by atoms with Crippen LogP contribution in [-0.2, 0) is 26.2 Å². The van der Waals surface area contributed by atoms with Crippen molar-refractivity contribution < 1.29 is 22.4 Å². The molecule has 0 aliphatic heterocycles. The van der Waals surface area contributed by atoms with E-state index in [-0.39, 0.29) is 23.0 Å². The van der Waals surface area contributed by atoms with Crippen LogP contribution in [0.4, 0.5) is 10.1 Å². The average molecular weight is 619 g/mol. The molecule has 0 saturated heterocycles. The topological polar surface area (TPSA) is 86.8 Å². The van der Waals surface area contributed by atoms with Gasteiger partial charge in [-0.3, -0.25) is 13.9 Å². The summed E-state index contributed by atoms with van der Waals surface area (Å²) in [6, 6.07) is 17.6. The van der Waals surface area contributed by atoms with E-state index in [0.29, 0.717) is 6.54 Å². The molecule has 0 aliphatic carbocycles. The monoisotopic (exact) mass is 617 g/mol. The Labute approximate surface area is 238 Å². The van der Waals surface area contributed by atoms with Crippen molar-refractivity contribution in [3.8, 4) is 0 Å². The number of hydrogen-bond acceptors (Lipinski definition) is 4. The van der Waals surface area contributed by atoms with Crippen LogP contribution in [0.2, 0.25) is 0 Å². The van der Waals surface area contributed by atoms with Crippen molar-refractivity contribution in [2.45, 2.75) is 51.1 Å². The normalized spacial score (nSPS) is 12.0. The molecule has 1 atom stereocenters. The second-order valence-electron chi connectivity index (χ2n) is 9.27. The van der Waals surface area contributed by atoms with Gasteiger partial charge in [0, 0.05) is 17.6 Å². The molecule has 0 radical (unpaired) electrons. The molecular weight excluding hydrogens is 585 g/mol. The van der Waals surface area contributed by atoms with Crippen molar-refractivity contribution in [3.05, 3.63) is 94.2 Å². The Bertz CT molecular complexity index is 1370. The first kappa shape index (κ1) is 30.3. The van der Waals surface area contributed by atoms with Gasteiger partial charge in [-0.1, -0.05) is 59.1 Å². The Morgan fingerprint density at radius 2 is 1.59 bits per heavy atom. The van der Waals surface area contributed by atoms with E-state index >= 15 is 0 Å². The molecule has 1 N–H and O–H groups in total. The molecule has 0 spiro atoms. The van der Waals surface area contributed by atoms with Crippen molar-refractivity contribution in [2.24, 2.45) is 0 Å². The maximum absolute atomic E-state index is 13.8. The van der Waals surface area contributed by atoms with Gasteiger partial charge in [-0.2, -0.15) is 0 Å². The lowest BCUT2D eigenvalue weighted by Gasteiger charge is -2.32. The molecule has 10 heteroatoms. The van der Waals surface area contributed by atoms with Crippen LogP contribution < -0.4 is 9.62 Å². The van der Waals surface area contributed by atoms with Gasteiger partial charge in [-0.05, 0) is 74.4 Å². The van der Waals surface area contributed by atoms with Gasteiger partial charge in [0.2, 0.25) is 11.8 Å². The summed E-state index contributed by atoms with van der Waals surface area (Å²) in [5, 5.41) is 2.85. The molecule has 2 amide bonds. The zero-order chi connectivity index (χ0) is 28.6. The Morgan fingerprint density at radius 1 is 0.974 bits per heavy atom. The molecule has 208 valence electrons. The highest BCUT2D eigenvalue weighted by atomic mass is 79.9. The Balaban J connectivity index is 1.98. The van der Waals surface area contributed by atoms with Crippen LogP contribution in [0, 0.1) is 12.7 Å². The fourth-order valence-electron chi connectivity index (χ4n) is 3.88. The molecule has 0 heterocycles.